The molecule has 1 amide bonds. The van der Waals surface area contributed by atoms with E-state index in [1.54, 1.807) is 12.4 Å². The molecule has 1 aromatic heterocycles. The van der Waals surface area contributed by atoms with Crippen molar-refractivity contribution in [2.75, 3.05) is 32.8 Å². The number of amides is 1. The lowest BCUT2D eigenvalue weighted by Crippen LogP contribution is -2.54. The second kappa shape index (κ2) is 6.35. The molecule has 1 saturated carbocycles. The third-order valence-electron chi connectivity index (χ3n) is 6.08. The first-order valence-electron chi connectivity index (χ1n) is 9.21. The van der Waals surface area contributed by atoms with Gasteiger partial charge in [-0.3, -0.25) is 0 Å². The zero-order valence-corrected chi connectivity index (χ0v) is 14.4. The Balaban J connectivity index is 1.24. The van der Waals surface area contributed by atoms with Crippen LogP contribution in [0.25, 0.3) is 0 Å². The van der Waals surface area contributed by atoms with Crippen molar-refractivity contribution in [3.05, 3.63) is 12.4 Å². The zero-order chi connectivity index (χ0) is 16.6. The fraction of sp³-hybridized carbons (Fsp3) is 0.824. The fourth-order valence-corrected chi connectivity index (χ4v) is 4.73. The molecule has 24 heavy (non-hydrogen) atoms. The summed E-state index contributed by atoms with van der Waals surface area (Å²) in [6.45, 7) is 6.34. The van der Waals surface area contributed by atoms with Gasteiger partial charge in [0.2, 0.25) is 0 Å². The van der Waals surface area contributed by atoms with Gasteiger partial charge in [-0.05, 0) is 44.4 Å². The molecule has 0 N–H and O–H groups in total. The summed E-state index contributed by atoms with van der Waals surface area (Å²) < 4.78 is 5.14. The lowest BCUT2D eigenvalue weighted by atomic mass is 9.64. The predicted molar refractivity (Wildman–Crippen MR) is 88.5 cm³/mol. The molecule has 2 aliphatic heterocycles. The summed E-state index contributed by atoms with van der Waals surface area (Å²) in [6.07, 6.45) is 9.25. The van der Waals surface area contributed by atoms with Crippen LogP contribution in [0.3, 0.4) is 0 Å². The molecule has 0 radical (unpaired) electrons. The highest BCUT2D eigenvalue weighted by molar-refractivity contribution is 5.68. The van der Waals surface area contributed by atoms with Crippen molar-refractivity contribution in [3.8, 4) is 0 Å². The topological polar surface area (TPSA) is 63.5 Å². The molecule has 7 heteroatoms. The highest BCUT2D eigenvalue weighted by atomic mass is 16.6. The summed E-state index contributed by atoms with van der Waals surface area (Å²) in [4.78, 5) is 18.3. The number of likely N-dealkylation sites (tertiary alicyclic amines) is 2. The van der Waals surface area contributed by atoms with Crippen molar-refractivity contribution in [1.82, 2.24) is 24.8 Å². The molecule has 3 heterocycles. The van der Waals surface area contributed by atoms with E-state index in [-0.39, 0.29) is 6.09 Å². The van der Waals surface area contributed by atoms with E-state index in [1.807, 2.05) is 16.6 Å². The maximum absolute atomic E-state index is 11.9. The van der Waals surface area contributed by atoms with Gasteiger partial charge in [-0.15, -0.1) is 0 Å². The average molecular weight is 333 g/mol. The van der Waals surface area contributed by atoms with Crippen molar-refractivity contribution in [1.29, 1.82) is 0 Å². The van der Waals surface area contributed by atoms with E-state index in [4.69, 9.17) is 4.74 Å². The Labute approximate surface area is 142 Å². The number of piperidine rings is 1. The summed E-state index contributed by atoms with van der Waals surface area (Å²) in [5.74, 6) is 0. The number of ether oxygens (including phenoxy) is 1. The number of hydrogen-bond acceptors (Lipinski definition) is 5. The maximum atomic E-state index is 11.9. The Hall–Kier alpha value is -1.63. The van der Waals surface area contributed by atoms with E-state index in [0.29, 0.717) is 24.1 Å². The number of aromatic nitrogens is 3. The van der Waals surface area contributed by atoms with Gasteiger partial charge in [0.1, 0.15) is 0 Å². The predicted octanol–water partition coefficient (Wildman–Crippen LogP) is 1.93. The van der Waals surface area contributed by atoms with Crippen molar-refractivity contribution in [2.24, 2.45) is 5.41 Å². The quantitative estimate of drug-likeness (QED) is 0.846. The summed E-state index contributed by atoms with van der Waals surface area (Å²) >= 11 is 0. The molecule has 7 nitrogen and oxygen atoms in total. The minimum absolute atomic E-state index is 0.134. The number of carbonyl (C=O) groups excluding carboxylic acids is 1. The van der Waals surface area contributed by atoms with Crippen LogP contribution in [-0.2, 0) is 4.74 Å². The van der Waals surface area contributed by atoms with Crippen LogP contribution >= 0.6 is 0 Å². The molecule has 1 aliphatic carbocycles. The van der Waals surface area contributed by atoms with E-state index >= 15 is 0 Å². The van der Waals surface area contributed by atoms with Crippen LogP contribution in [0.1, 0.15) is 45.1 Å². The molecular weight excluding hydrogens is 306 g/mol. The highest BCUT2D eigenvalue weighted by Crippen LogP contribution is 2.50. The van der Waals surface area contributed by atoms with Crippen LogP contribution in [0.15, 0.2) is 12.4 Å². The normalized spacial score (nSPS) is 31.4. The number of rotatable bonds is 3. The average Bonchev–Trinajstić information content (AvgIpc) is 3.24. The number of nitrogens with zero attached hydrogens (tertiary/aromatic N) is 5. The fourth-order valence-electron chi connectivity index (χ4n) is 4.73. The third-order valence-corrected chi connectivity index (χ3v) is 6.08. The Kier molecular flexibility index (Phi) is 4.20. The van der Waals surface area contributed by atoms with Gasteiger partial charge in [0.05, 0.1) is 25.0 Å². The Morgan fingerprint density at radius 2 is 1.88 bits per heavy atom. The van der Waals surface area contributed by atoms with Crippen LogP contribution in [0.5, 0.6) is 0 Å². The molecule has 0 aromatic carbocycles. The van der Waals surface area contributed by atoms with E-state index in [2.05, 4.69) is 15.1 Å². The summed E-state index contributed by atoms with van der Waals surface area (Å²) in [5.41, 5.74) is 0.359. The molecule has 1 spiro atoms. The Bertz CT molecular complexity index is 562. The maximum Gasteiger partial charge on any atom is 0.409 e. The van der Waals surface area contributed by atoms with Gasteiger partial charge < -0.3 is 14.5 Å². The lowest BCUT2D eigenvalue weighted by Gasteiger charge is -2.51. The molecule has 4 rings (SSSR count). The van der Waals surface area contributed by atoms with E-state index < -0.39 is 0 Å². The largest absolute Gasteiger partial charge is 0.450 e. The Morgan fingerprint density at radius 3 is 2.54 bits per heavy atom. The highest BCUT2D eigenvalue weighted by Gasteiger charge is 2.51. The van der Waals surface area contributed by atoms with Gasteiger partial charge in [0.25, 0.3) is 0 Å². The molecule has 3 aliphatic rings. The van der Waals surface area contributed by atoms with E-state index in [1.165, 1.54) is 12.8 Å². The lowest BCUT2D eigenvalue weighted by molar-refractivity contribution is -0.00987. The van der Waals surface area contributed by atoms with Crippen LogP contribution in [0, 0.1) is 5.41 Å². The minimum Gasteiger partial charge on any atom is -0.450 e. The molecule has 0 bridgehead atoms. The van der Waals surface area contributed by atoms with Gasteiger partial charge in [0.15, 0.2) is 0 Å². The minimum atomic E-state index is -0.134. The van der Waals surface area contributed by atoms with Crippen molar-refractivity contribution in [2.45, 2.75) is 51.1 Å². The molecule has 132 valence electrons. The number of carbonyl (C=O) groups is 1. The Morgan fingerprint density at radius 1 is 1.17 bits per heavy atom. The van der Waals surface area contributed by atoms with Gasteiger partial charge >= 0.3 is 6.09 Å². The van der Waals surface area contributed by atoms with Crippen LogP contribution in [0.2, 0.25) is 0 Å². The molecule has 1 aromatic rings. The van der Waals surface area contributed by atoms with Crippen molar-refractivity contribution >= 4 is 6.09 Å². The SMILES string of the molecule is CCOC(=O)N1CCC2(CC(N3CCC(n4nccn4)CC3)C2)C1. The summed E-state index contributed by atoms with van der Waals surface area (Å²) in [5, 5.41) is 8.56. The smallest absolute Gasteiger partial charge is 0.409 e. The first-order valence-corrected chi connectivity index (χ1v) is 9.21. The number of hydrogen-bond donors (Lipinski definition) is 0. The van der Waals surface area contributed by atoms with Crippen molar-refractivity contribution < 1.29 is 9.53 Å². The second-order valence-electron chi connectivity index (χ2n) is 7.55. The molecule has 3 fully saturated rings. The van der Waals surface area contributed by atoms with Crippen LogP contribution < -0.4 is 0 Å². The standard InChI is InChI=1S/C17H27N5O2/c1-2-24-16(23)21-10-5-17(13-21)11-15(12-17)20-8-3-14(4-9-20)22-18-6-7-19-22/h6-7,14-15H,2-5,8-13H2,1H3. The molecule has 2 saturated heterocycles. The summed E-state index contributed by atoms with van der Waals surface area (Å²) in [7, 11) is 0. The summed E-state index contributed by atoms with van der Waals surface area (Å²) in [6, 6.07) is 1.15. The molecule has 0 atom stereocenters. The first-order chi connectivity index (χ1) is 11.7. The van der Waals surface area contributed by atoms with E-state index in [9.17, 15) is 4.79 Å². The van der Waals surface area contributed by atoms with Gasteiger partial charge in [-0.2, -0.15) is 15.0 Å². The third kappa shape index (κ3) is 2.90. The second-order valence-corrected chi connectivity index (χ2v) is 7.55. The van der Waals surface area contributed by atoms with Crippen LogP contribution in [0.4, 0.5) is 4.79 Å². The van der Waals surface area contributed by atoms with E-state index in [0.717, 1.165) is 45.4 Å². The van der Waals surface area contributed by atoms with Crippen LogP contribution in [-0.4, -0.2) is 69.7 Å². The first kappa shape index (κ1) is 15.9. The van der Waals surface area contributed by atoms with Gasteiger partial charge in [-0.1, -0.05) is 0 Å². The van der Waals surface area contributed by atoms with Crippen molar-refractivity contribution in [3.63, 3.8) is 0 Å². The molecule has 0 unspecified atom stereocenters. The van der Waals surface area contributed by atoms with Gasteiger partial charge in [-0.25, -0.2) is 4.79 Å². The zero-order valence-electron chi connectivity index (χ0n) is 14.4. The van der Waals surface area contributed by atoms with Gasteiger partial charge in [0, 0.05) is 32.2 Å². The monoisotopic (exact) mass is 333 g/mol. The molecular formula is C17H27N5O2.